The summed E-state index contributed by atoms with van der Waals surface area (Å²) in [5, 5.41) is 0. The number of carbonyl (C=O) groups excluding carboxylic acids is 1. The summed E-state index contributed by atoms with van der Waals surface area (Å²) < 4.78 is 5.62. The smallest absolute Gasteiger partial charge is 0.133 e. The molecule has 0 aliphatic carbocycles. The van der Waals surface area contributed by atoms with E-state index in [9.17, 15) is 4.79 Å². The van der Waals surface area contributed by atoms with Gasteiger partial charge in [0.2, 0.25) is 0 Å². The number of aldehydes is 1. The van der Waals surface area contributed by atoms with Crippen LogP contribution in [0.5, 0.6) is 5.75 Å². The number of hydrogen-bond acceptors (Lipinski definition) is 4. The third kappa shape index (κ3) is 9.41. The molecule has 1 fully saturated rings. The largest absolute Gasteiger partial charge is 0.493 e. The first-order valence-corrected chi connectivity index (χ1v) is 13.6. The molecule has 1 aromatic carbocycles. The van der Waals surface area contributed by atoms with Crippen molar-refractivity contribution in [3.8, 4) is 5.75 Å². The Morgan fingerprint density at radius 3 is 2.52 bits per heavy atom. The Kier molecular flexibility index (Phi) is 13.1. The molecular formula is C29H50N2O2. The number of unbranched alkanes of at least 4 members (excludes halogenated alkanes) is 2. The van der Waals surface area contributed by atoms with Gasteiger partial charge in [-0.1, -0.05) is 65.5 Å². The second-order valence-electron chi connectivity index (χ2n) is 10.3. The molecule has 0 spiro atoms. The number of fused-ring (bicyclic) bond motifs is 1. The molecule has 4 heteroatoms. The molecule has 0 saturated carbocycles. The van der Waals surface area contributed by atoms with Crippen LogP contribution in [0.1, 0.15) is 96.1 Å². The van der Waals surface area contributed by atoms with E-state index in [2.05, 4.69) is 62.7 Å². The number of nitrogens with zero attached hydrogens (tertiary/aromatic N) is 2. The minimum Gasteiger partial charge on any atom is -0.493 e. The average Bonchev–Trinajstić information content (AvgIpc) is 3.43. The van der Waals surface area contributed by atoms with Crippen LogP contribution >= 0.6 is 0 Å². The summed E-state index contributed by atoms with van der Waals surface area (Å²) >= 11 is 0. The van der Waals surface area contributed by atoms with Crippen LogP contribution in [-0.4, -0.2) is 62.0 Å². The van der Waals surface area contributed by atoms with Crippen LogP contribution in [0.3, 0.4) is 0 Å². The molecule has 2 heterocycles. The van der Waals surface area contributed by atoms with Crippen molar-refractivity contribution in [1.82, 2.24) is 9.80 Å². The Morgan fingerprint density at radius 2 is 1.88 bits per heavy atom. The van der Waals surface area contributed by atoms with Gasteiger partial charge in [0.05, 0.1) is 13.2 Å². The van der Waals surface area contributed by atoms with Gasteiger partial charge >= 0.3 is 0 Å². The van der Waals surface area contributed by atoms with Crippen molar-refractivity contribution in [2.45, 2.75) is 97.4 Å². The molecule has 0 aromatic heterocycles. The van der Waals surface area contributed by atoms with Gasteiger partial charge in [-0.05, 0) is 74.8 Å². The summed E-state index contributed by atoms with van der Waals surface area (Å²) in [7, 11) is 2.21. The molecule has 0 amide bonds. The summed E-state index contributed by atoms with van der Waals surface area (Å²) in [6.45, 7) is 14.1. The molecule has 3 rings (SSSR count). The maximum atomic E-state index is 11.1. The number of ether oxygens (including phenoxy) is 1. The maximum absolute atomic E-state index is 11.1. The predicted molar refractivity (Wildman–Crippen MR) is 140 cm³/mol. The lowest BCUT2D eigenvalue weighted by Gasteiger charge is -2.24. The second kappa shape index (κ2) is 15.5. The molecule has 188 valence electrons. The van der Waals surface area contributed by atoms with E-state index in [1.165, 1.54) is 75.6 Å². The van der Waals surface area contributed by atoms with Crippen LogP contribution < -0.4 is 4.74 Å². The van der Waals surface area contributed by atoms with Crippen molar-refractivity contribution < 1.29 is 9.53 Å². The van der Waals surface area contributed by atoms with Crippen LogP contribution in [0, 0.1) is 5.92 Å². The average molecular weight is 459 g/mol. The van der Waals surface area contributed by atoms with E-state index in [0.29, 0.717) is 18.5 Å². The van der Waals surface area contributed by atoms with E-state index >= 15 is 0 Å². The van der Waals surface area contributed by atoms with Crippen LogP contribution in [0.2, 0.25) is 0 Å². The second-order valence-corrected chi connectivity index (χ2v) is 10.3. The van der Waals surface area contributed by atoms with Gasteiger partial charge in [0.1, 0.15) is 12.0 Å². The number of rotatable bonds is 13. The first kappa shape index (κ1) is 27.9. The van der Waals surface area contributed by atoms with Gasteiger partial charge in [-0.2, -0.15) is 0 Å². The molecule has 0 radical (unpaired) electrons. The molecule has 1 saturated heterocycles. The highest BCUT2D eigenvalue weighted by Gasteiger charge is 2.33. The van der Waals surface area contributed by atoms with E-state index in [-0.39, 0.29) is 0 Å². The minimum absolute atomic E-state index is 0.552. The fraction of sp³-hybridized carbons (Fsp3) is 0.759. The molecule has 2 aliphatic rings. The third-order valence-corrected chi connectivity index (χ3v) is 7.26. The van der Waals surface area contributed by atoms with Gasteiger partial charge in [0.15, 0.2) is 0 Å². The van der Waals surface area contributed by atoms with Crippen LogP contribution in [0.15, 0.2) is 18.2 Å². The SMILES string of the molecule is CCCCN(C)CCCC.CCC[C@@H](C)CC1CC(c2ccc3c(c2)CCO3)CN1CC=O. The fourth-order valence-corrected chi connectivity index (χ4v) is 5.29. The van der Waals surface area contributed by atoms with Crippen LogP contribution in [0.25, 0.3) is 0 Å². The van der Waals surface area contributed by atoms with Gasteiger partial charge in [-0.15, -0.1) is 0 Å². The zero-order chi connectivity index (χ0) is 24.1. The molecule has 0 bridgehead atoms. The highest BCUT2D eigenvalue weighted by atomic mass is 16.5. The highest BCUT2D eigenvalue weighted by molar-refractivity contribution is 5.52. The lowest BCUT2D eigenvalue weighted by molar-refractivity contribution is -0.109. The van der Waals surface area contributed by atoms with Gasteiger partial charge < -0.3 is 14.4 Å². The van der Waals surface area contributed by atoms with Gasteiger partial charge in [0.25, 0.3) is 0 Å². The Balaban J connectivity index is 0.000000328. The van der Waals surface area contributed by atoms with Crippen LogP contribution in [0.4, 0.5) is 0 Å². The Labute approximate surface area is 204 Å². The quantitative estimate of drug-likeness (QED) is 0.324. The topological polar surface area (TPSA) is 32.8 Å². The van der Waals surface area contributed by atoms with Crippen molar-refractivity contribution in [2.75, 3.05) is 39.8 Å². The lowest BCUT2D eigenvalue weighted by Crippen LogP contribution is -2.32. The molecule has 3 atom stereocenters. The fourth-order valence-electron chi connectivity index (χ4n) is 5.29. The summed E-state index contributed by atoms with van der Waals surface area (Å²) in [5.74, 6) is 2.36. The zero-order valence-electron chi connectivity index (χ0n) is 22.2. The summed E-state index contributed by atoms with van der Waals surface area (Å²) in [6, 6.07) is 7.25. The normalized spacial score (nSPS) is 20.8. The predicted octanol–water partition coefficient (Wildman–Crippen LogP) is 6.32. The molecular weight excluding hydrogens is 408 g/mol. The van der Waals surface area contributed by atoms with Crippen molar-refractivity contribution in [3.63, 3.8) is 0 Å². The minimum atomic E-state index is 0.552. The third-order valence-electron chi connectivity index (χ3n) is 7.26. The number of likely N-dealkylation sites (tertiary alicyclic amines) is 1. The Bertz CT molecular complexity index is 670. The van der Waals surface area contributed by atoms with Gasteiger partial charge in [-0.25, -0.2) is 0 Å². The van der Waals surface area contributed by atoms with Gasteiger partial charge in [-0.3, -0.25) is 4.90 Å². The number of carbonyl (C=O) groups is 1. The Morgan fingerprint density at radius 1 is 1.15 bits per heavy atom. The Hall–Kier alpha value is -1.39. The first-order chi connectivity index (χ1) is 16.0. The van der Waals surface area contributed by atoms with E-state index in [4.69, 9.17) is 4.74 Å². The van der Waals surface area contributed by atoms with Gasteiger partial charge in [0, 0.05) is 19.0 Å². The molecule has 4 nitrogen and oxygen atoms in total. The molecule has 1 aromatic rings. The summed E-state index contributed by atoms with van der Waals surface area (Å²) in [5.41, 5.74) is 2.78. The van der Waals surface area contributed by atoms with Crippen molar-refractivity contribution >= 4 is 6.29 Å². The van der Waals surface area contributed by atoms with E-state index < -0.39 is 0 Å². The number of benzene rings is 1. The van der Waals surface area contributed by atoms with E-state index in [1.807, 2.05) is 0 Å². The molecule has 2 aliphatic heterocycles. The van der Waals surface area contributed by atoms with E-state index in [0.717, 1.165) is 37.5 Å². The summed E-state index contributed by atoms with van der Waals surface area (Å²) in [4.78, 5) is 15.9. The highest BCUT2D eigenvalue weighted by Crippen LogP contribution is 2.37. The molecule has 0 N–H and O–H groups in total. The van der Waals surface area contributed by atoms with Crippen molar-refractivity contribution in [2.24, 2.45) is 5.92 Å². The van der Waals surface area contributed by atoms with Crippen molar-refractivity contribution in [1.29, 1.82) is 0 Å². The number of hydrogen-bond donors (Lipinski definition) is 0. The van der Waals surface area contributed by atoms with Crippen molar-refractivity contribution in [3.05, 3.63) is 29.3 Å². The lowest BCUT2D eigenvalue weighted by atomic mass is 9.90. The van der Waals surface area contributed by atoms with E-state index in [1.54, 1.807) is 0 Å². The zero-order valence-corrected chi connectivity index (χ0v) is 22.2. The maximum Gasteiger partial charge on any atom is 0.133 e. The van der Waals surface area contributed by atoms with Crippen LogP contribution in [-0.2, 0) is 11.2 Å². The summed E-state index contributed by atoms with van der Waals surface area (Å²) in [6.07, 6.45) is 12.4. The molecule has 33 heavy (non-hydrogen) atoms. The standard InChI is InChI=1S/C20H29NO2.C9H21N/c1-3-4-15(2)11-19-13-18(14-21(19)8-9-22)16-5-6-20-17(12-16)7-10-23-20;1-4-6-8-10(3)9-7-5-2/h5-6,9,12,15,18-19H,3-4,7-8,10-11,13-14H2,1-2H3;4-9H2,1-3H3/t15-,18?,19?;/m1./s1. The molecule has 2 unspecified atom stereocenters. The first-order valence-electron chi connectivity index (χ1n) is 13.6. The monoisotopic (exact) mass is 458 g/mol.